The molecule has 1 unspecified atom stereocenters. The third kappa shape index (κ3) is 3.10. The van der Waals surface area contributed by atoms with Crippen LogP contribution in [0.2, 0.25) is 0 Å². The molecule has 0 heterocycles. The number of Topliss-reactive ketones (excluding diaryl/α,β-unsaturated/α-hetero) is 1. The van der Waals surface area contributed by atoms with E-state index >= 15 is 0 Å². The van der Waals surface area contributed by atoms with Gasteiger partial charge in [0.15, 0.2) is 11.9 Å². The number of hydrogen-bond donors (Lipinski definition) is 0. The first-order valence-electron chi connectivity index (χ1n) is 4.84. The normalized spacial score (nSPS) is 11.5. The molecule has 0 spiro atoms. The number of hydrogen-bond acceptors (Lipinski definition) is 3. The molecule has 0 aliphatic carbocycles. The summed E-state index contributed by atoms with van der Waals surface area (Å²) < 4.78 is 5.39. The van der Waals surface area contributed by atoms with Gasteiger partial charge in [-0.2, -0.15) is 5.26 Å². The Morgan fingerprint density at radius 1 is 1.60 bits per heavy atom. The molecule has 0 saturated heterocycles. The van der Waals surface area contributed by atoms with Crippen molar-refractivity contribution >= 4 is 5.78 Å². The predicted molar refractivity (Wildman–Crippen MR) is 56.8 cm³/mol. The van der Waals surface area contributed by atoms with Crippen molar-refractivity contribution in [1.82, 2.24) is 0 Å². The number of nitrogens with zero attached hydrogens (tertiary/aromatic N) is 1. The van der Waals surface area contributed by atoms with Crippen molar-refractivity contribution in [3.05, 3.63) is 29.8 Å². The van der Waals surface area contributed by atoms with Crippen molar-refractivity contribution in [3.8, 4) is 11.8 Å². The maximum atomic E-state index is 11.1. The zero-order valence-electron chi connectivity index (χ0n) is 8.86. The molecule has 1 rings (SSSR count). The molecule has 3 nitrogen and oxygen atoms in total. The van der Waals surface area contributed by atoms with Crippen LogP contribution in [0.4, 0.5) is 0 Å². The van der Waals surface area contributed by atoms with E-state index in [1.807, 2.05) is 13.0 Å². The van der Waals surface area contributed by atoms with E-state index in [9.17, 15) is 4.79 Å². The fraction of sp³-hybridized carbons (Fsp3) is 0.333. The zero-order chi connectivity index (χ0) is 11.3. The molecule has 0 aliphatic rings. The Kier molecular flexibility index (Phi) is 3.87. The highest BCUT2D eigenvalue weighted by molar-refractivity contribution is 5.94. The molecule has 15 heavy (non-hydrogen) atoms. The second-order valence-electron chi connectivity index (χ2n) is 3.23. The van der Waals surface area contributed by atoms with E-state index in [0.29, 0.717) is 17.7 Å². The molecular weight excluding hydrogens is 190 g/mol. The van der Waals surface area contributed by atoms with Gasteiger partial charge in [0.25, 0.3) is 0 Å². The van der Waals surface area contributed by atoms with E-state index in [1.54, 1.807) is 24.3 Å². The summed E-state index contributed by atoms with van der Waals surface area (Å²) in [5, 5.41) is 8.72. The summed E-state index contributed by atoms with van der Waals surface area (Å²) in [5.74, 6) is 0.557. The highest BCUT2D eigenvalue weighted by Crippen LogP contribution is 2.16. The third-order valence-electron chi connectivity index (χ3n) is 2.03. The lowest BCUT2D eigenvalue weighted by molar-refractivity contribution is 0.101. The molecule has 0 bridgehead atoms. The van der Waals surface area contributed by atoms with Gasteiger partial charge in [-0.25, -0.2) is 0 Å². The topological polar surface area (TPSA) is 50.1 Å². The largest absolute Gasteiger partial charge is 0.476 e. The standard InChI is InChI=1S/C12H13NO2/c1-3-11(8-13)15-12-6-4-5-10(7-12)9(2)14/h4-7,11H,3H2,1-2H3. The Balaban J connectivity index is 2.83. The molecule has 1 aromatic carbocycles. The first-order valence-corrected chi connectivity index (χ1v) is 4.84. The maximum absolute atomic E-state index is 11.1. The molecule has 0 aliphatic heterocycles. The van der Waals surface area contributed by atoms with Crippen LogP contribution in [0.15, 0.2) is 24.3 Å². The van der Waals surface area contributed by atoms with E-state index < -0.39 is 6.10 Å². The second kappa shape index (κ2) is 5.16. The minimum absolute atomic E-state index is 0.00884. The molecular formula is C12H13NO2. The van der Waals surface area contributed by atoms with Gasteiger partial charge in [-0.1, -0.05) is 19.1 Å². The molecule has 1 aromatic rings. The molecule has 1 atom stereocenters. The van der Waals surface area contributed by atoms with E-state index in [1.165, 1.54) is 6.92 Å². The van der Waals surface area contributed by atoms with Crippen molar-refractivity contribution in [3.63, 3.8) is 0 Å². The van der Waals surface area contributed by atoms with Crippen LogP contribution in [0, 0.1) is 11.3 Å². The van der Waals surface area contributed by atoms with Crippen LogP contribution in [-0.2, 0) is 0 Å². The van der Waals surface area contributed by atoms with Crippen LogP contribution < -0.4 is 4.74 Å². The lowest BCUT2D eigenvalue weighted by Gasteiger charge is -2.10. The lowest BCUT2D eigenvalue weighted by atomic mass is 10.1. The molecule has 0 N–H and O–H groups in total. The fourth-order valence-electron chi connectivity index (χ4n) is 1.15. The summed E-state index contributed by atoms with van der Waals surface area (Å²) in [4.78, 5) is 11.1. The minimum Gasteiger partial charge on any atom is -0.476 e. The van der Waals surface area contributed by atoms with E-state index in [2.05, 4.69) is 0 Å². The first kappa shape index (κ1) is 11.3. The molecule has 3 heteroatoms. The summed E-state index contributed by atoms with van der Waals surface area (Å²) in [6.45, 7) is 3.38. The summed E-state index contributed by atoms with van der Waals surface area (Å²) in [5.41, 5.74) is 0.597. The minimum atomic E-state index is -0.452. The molecule has 0 amide bonds. The van der Waals surface area contributed by atoms with Gasteiger partial charge >= 0.3 is 0 Å². The molecule has 0 saturated carbocycles. The van der Waals surface area contributed by atoms with Crippen molar-refractivity contribution in [2.45, 2.75) is 26.4 Å². The Hall–Kier alpha value is -1.82. The smallest absolute Gasteiger partial charge is 0.184 e. The molecule has 0 fully saturated rings. The Morgan fingerprint density at radius 3 is 2.87 bits per heavy atom. The monoisotopic (exact) mass is 203 g/mol. The van der Waals surface area contributed by atoms with Crippen molar-refractivity contribution in [2.24, 2.45) is 0 Å². The van der Waals surface area contributed by atoms with E-state index in [4.69, 9.17) is 10.00 Å². The molecule has 0 aromatic heterocycles. The Morgan fingerprint density at radius 2 is 2.33 bits per heavy atom. The average molecular weight is 203 g/mol. The number of ketones is 1. The maximum Gasteiger partial charge on any atom is 0.184 e. The van der Waals surface area contributed by atoms with Gasteiger partial charge in [0.2, 0.25) is 0 Å². The quantitative estimate of drug-likeness (QED) is 0.706. The number of nitriles is 1. The number of carbonyl (C=O) groups is 1. The first-order chi connectivity index (χ1) is 7.17. The summed E-state index contributed by atoms with van der Waals surface area (Å²) >= 11 is 0. The SMILES string of the molecule is CCC(C#N)Oc1cccc(C(C)=O)c1. The lowest BCUT2D eigenvalue weighted by Crippen LogP contribution is -2.12. The average Bonchev–Trinajstić information content (AvgIpc) is 2.26. The zero-order valence-corrected chi connectivity index (χ0v) is 8.86. The number of benzene rings is 1. The Bertz CT molecular complexity index is 393. The summed E-state index contributed by atoms with van der Waals surface area (Å²) in [7, 11) is 0. The fourth-order valence-corrected chi connectivity index (χ4v) is 1.15. The summed E-state index contributed by atoms with van der Waals surface area (Å²) in [6.07, 6.45) is 0.174. The van der Waals surface area contributed by atoms with E-state index in [0.717, 1.165) is 0 Å². The summed E-state index contributed by atoms with van der Waals surface area (Å²) in [6, 6.07) is 8.91. The van der Waals surface area contributed by atoms with Gasteiger partial charge in [-0.15, -0.1) is 0 Å². The van der Waals surface area contributed by atoms with Gasteiger partial charge < -0.3 is 4.74 Å². The van der Waals surface area contributed by atoms with E-state index in [-0.39, 0.29) is 5.78 Å². The highest BCUT2D eigenvalue weighted by atomic mass is 16.5. The predicted octanol–water partition coefficient (Wildman–Crippen LogP) is 2.57. The highest BCUT2D eigenvalue weighted by Gasteiger charge is 2.07. The van der Waals surface area contributed by atoms with Crippen molar-refractivity contribution in [1.29, 1.82) is 5.26 Å². The van der Waals surface area contributed by atoms with Crippen LogP contribution >= 0.6 is 0 Å². The van der Waals surface area contributed by atoms with Crippen LogP contribution in [0.5, 0.6) is 5.75 Å². The van der Waals surface area contributed by atoms with Gasteiger partial charge in [0.05, 0.1) is 0 Å². The van der Waals surface area contributed by atoms with Gasteiger partial charge in [0.1, 0.15) is 11.8 Å². The number of rotatable bonds is 4. The van der Waals surface area contributed by atoms with Gasteiger partial charge in [-0.3, -0.25) is 4.79 Å². The number of ether oxygens (including phenoxy) is 1. The second-order valence-corrected chi connectivity index (χ2v) is 3.23. The van der Waals surface area contributed by atoms with Crippen LogP contribution in [-0.4, -0.2) is 11.9 Å². The van der Waals surface area contributed by atoms with Crippen LogP contribution in [0.1, 0.15) is 30.6 Å². The number of carbonyl (C=O) groups excluding carboxylic acids is 1. The third-order valence-corrected chi connectivity index (χ3v) is 2.03. The van der Waals surface area contributed by atoms with Crippen LogP contribution in [0.25, 0.3) is 0 Å². The van der Waals surface area contributed by atoms with Gasteiger partial charge in [-0.05, 0) is 25.5 Å². The van der Waals surface area contributed by atoms with Crippen molar-refractivity contribution < 1.29 is 9.53 Å². The molecule has 78 valence electrons. The molecule has 0 radical (unpaired) electrons. The van der Waals surface area contributed by atoms with Gasteiger partial charge in [0, 0.05) is 5.56 Å². The van der Waals surface area contributed by atoms with Crippen molar-refractivity contribution in [2.75, 3.05) is 0 Å². The Labute approximate surface area is 89.3 Å². The van der Waals surface area contributed by atoms with Crippen LogP contribution in [0.3, 0.4) is 0 Å².